The SMILES string of the molecule is CCC(C#N)C(=O)Nc1ccc(Br)c(F)c1. The summed E-state index contributed by atoms with van der Waals surface area (Å²) in [4.78, 5) is 11.5. The zero-order valence-electron chi connectivity index (χ0n) is 8.63. The minimum atomic E-state index is -0.702. The molecule has 1 aromatic carbocycles. The van der Waals surface area contributed by atoms with Crippen molar-refractivity contribution in [3.05, 3.63) is 28.5 Å². The Morgan fingerprint density at radius 1 is 1.69 bits per heavy atom. The lowest BCUT2D eigenvalue weighted by atomic mass is 10.1. The number of hydrogen-bond donors (Lipinski definition) is 1. The summed E-state index contributed by atoms with van der Waals surface area (Å²) < 4.78 is 13.5. The Bertz CT molecular complexity index is 442. The lowest BCUT2D eigenvalue weighted by molar-refractivity contribution is -0.118. The van der Waals surface area contributed by atoms with Gasteiger partial charge in [0.15, 0.2) is 0 Å². The molecule has 0 aliphatic rings. The standard InChI is InChI=1S/C11H10BrFN2O/c1-2-7(6-14)11(16)15-8-3-4-9(12)10(13)5-8/h3-5,7H,2H2,1H3,(H,15,16). The number of carbonyl (C=O) groups excluding carboxylic acids is 1. The number of carbonyl (C=O) groups is 1. The molecule has 0 heterocycles. The first-order valence-electron chi connectivity index (χ1n) is 4.74. The molecule has 1 aromatic rings. The van der Waals surface area contributed by atoms with Gasteiger partial charge < -0.3 is 5.32 Å². The van der Waals surface area contributed by atoms with E-state index in [1.165, 1.54) is 12.1 Å². The Morgan fingerprint density at radius 2 is 2.38 bits per heavy atom. The summed E-state index contributed by atoms with van der Waals surface area (Å²) in [6, 6.07) is 6.15. The van der Waals surface area contributed by atoms with Crippen LogP contribution in [0.15, 0.2) is 22.7 Å². The van der Waals surface area contributed by atoms with E-state index in [2.05, 4.69) is 21.2 Å². The van der Waals surface area contributed by atoms with Gasteiger partial charge in [0.1, 0.15) is 11.7 Å². The minimum absolute atomic E-state index is 0.331. The van der Waals surface area contributed by atoms with Gasteiger partial charge >= 0.3 is 0 Å². The minimum Gasteiger partial charge on any atom is -0.325 e. The molecule has 16 heavy (non-hydrogen) atoms. The van der Waals surface area contributed by atoms with Crippen molar-refractivity contribution in [2.45, 2.75) is 13.3 Å². The summed E-state index contributed by atoms with van der Waals surface area (Å²) in [5.41, 5.74) is 0.347. The first-order chi connectivity index (χ1) is 7.58. The van der Waals surface area contributed by atoms with Gasteiger partial charge in [-0.25, -0.2) is 4.39 Å². The van der Waals surface area contributed by atoms with E-state index in [9.17, 15) is 9.18 Å². The van der Waals surface area contributed by atoms with E-state index in [4.69, 9.17) is 5.26 Å². The number of hydrogen-bond acceptors (Lipinski definition) is 2. The van der Waals surface area contributed by atoms with E-state index in [0.29, 0.717) is 16.6 Å². The van der Waals surface area contributed by atoms with Crippen LogP contribution in [0.4, 0.5) is 10.1 Å². The Hall–Kier alpha value is -1.41. The van der Waals surface area contributed by atoms with Gasteiger partial charge in [-0.15, -0.1) is 0 Å². The van der Waals surface area contributed by atoms with Gasteiger partial charge in [-0.2, -0.15) is 5.26 Å². The molecule has 1 rings (SSSR count). The van der Waals surface area contributed by atoms with Crippen molar-refractivity contribution in [2.75, 3.05) is 5.32 Å². The Kier molecular flexibility index (Phi) is 4.44. The van der Waals surface area contributed by atoms with Gasteiger partial charge in [0, 0.05) is 5.69 Å². The van der Waals surface area contributed by atoms with Gasteiger partial charge in [-0.05, 0) is 40.5 Å². The average Bonchev–Trinajstić information content (AvgIpc) is 2.25. The van der Waals surface area contributed by atoms with Gasteiger partial charge in [0.05, 0.1) is 10.5 Å². The fourth-order valence-corrected chi connectivity index (χ4v) is 1.39. The third kappa shape index (κ3) is 3.04. The molecule has 1 amide bonds. The van der Waals surface area contributed by atoms with Crippen LogP contribution in [0.5, 0.6) is 0 Å². The number of halogens is 2. The molecule has 3 nitrogen and oxygen atoms in total. The van der Waals surface area contributed by atoms with Crippen molar-refractivity contribution in [3.8, 4) is 6.07 Å². The number of nitrogens with one attached hydrogen (secondary N) is 1. The van der Waals surface area contributed by atoms with Crippen LogP contribution in [0.25, 0.3) is 0 Å². The quantitative estimate of drug-likeness (QED) is 0.927. The highest BCUT2D eigenvalue weighted by Crippen LogP contribution is 2.19. The lowest BCUT2D eigenvalue weighted by Crippen LogP contribution is -2.20. The van der Waals surface area contributed by atoms with Gasteiger partial charge in [-0.3, -0.25) is 4.79 Å². The van der Waals surface area contributed by atoms with Crippen LogP contribution in [0.2, 0.25) is 0 Å². The molecule has 0 saturated heterocycles. The van der Waals surface area contributed by atoms with Crippen LogP contribution in [0, 0.1) is 23.1 Å². The predicted octanol–water partition coefficient (Wildman–Crippen LogP) is 3.08. The molecule has 1 N–H and O–H groups in total. The Labute approximate surface area is 101 Å². The zero-order chi connectivity index (χ0) is 12.1. The second-order valence-corrected chi connectivity index (χ2v) is 4.06. The Morgan fingerprint density at radius 3 is 2.88 bits per heavy atom. The summed E-state index contributed by atoms with van der Waals surface area (Å²) in [5.74, 6) is -1.57. The maximum absolute atomic E-state index is 13.1. The summed E-state index contributed by atoms with van der Waals surface area (Å²) >= 11 is 3.01. The summed E-state index contributed by atoms with van der Waals surface area (Å²) in [6.07, 6.45) is 0.432. The first-order valence-corrected chi connectivity index (χ1v) is 5.53. The topological polar surface area (TPSA) is 52.9 Å². The van der Waals surface area contributed by atoms with Crippen LogP contribution < -0.4 is 5.32 Å². The van der Waals surface area contributed by atoms with Crippen molar-refractivity contribution in [1.29, 1.82) is 5.26 Å². The second-order valence-electron chi connectivity index (χ2n) is 3.21. The molecule has 0 radical (unpaired) electrons. The van der Waals surface area contributed by atoms with E-state index in [1.807, 2.05) is 6.07 Å². The molecule has 0 aliphatic carbocycles. The number of nitriles is 1. The number of benzene rings is 1. The summed E-state index contributed by atoms with van der Waals surface area (Å²) in [5, 5.41) is 11.2. The molecular weight excluding hydrogens is 275 g/mol. The number of nitrogens with zero attached hydrogens (tertiary/aromatic N) is 1. The van der Waals surface area contributed by atoms with E-state index < -0.39 is 17.6 Å². The van der Waals surface area contributed by atoms with Crippen LogP contribution in [-0.4, -0.2) is 5.91 Å². The monoisotopic (exact) mass is 284 g/mol. The molecule has 84 valence electrons. The molecule has 0 aliphatic heterocycles. The van der Waals surface area contributed by atoms with Gasteiger partial charge in [0.25, 0.3) is 0 Å². The van der Waals surface area contributed by atoms with E-state index >= 15 is 0 Å². The molecule has 0 spiro atoms. The third-order valence-electron chi connectivity index (χ3n) is 2.07. The van der Waals surface area contributed by atoms with Crippen LogP contribution in [-0.2, 0) is 4.79 Å². The van der Waals surface area contributed by atoms with Crippen LogP contribution in [0.3, 0.4) is 0 Å². The normalized spacial score (nSPS) is 11.6. The zero-order valence-corrected chi connectivity index (χ0v) is 10.2. The number of anilines is 1. The van der Waals surface area contributed by atoms with Crippen molar-refractivity contribution < 1.29 is 9.18 Å². The first kappa shape index (κ1) is 12.7. The summed E-state index contributed by atoms with van der Waals surface area (Å²) in [7, 11) is 0. The van der Waals surface area contributed by atoms with Crippen molar-refractivity contribution in [3.63, 3.8) is 0 Å². The molecule has 0 bridgehead atoms. The fraction of sp³-hybridized carbons (Fsp3) is 0.273. The maximum atomic E-state index is 13.1. The molecule has 0 saturated carbocycles. The molecule has 1 atom stereocenters. The molecule has 5 heteroatoms. The maximum Gasteiger partial charge on any atom is 0.241 e. The number of rotatable bonds is 3. The molecule has 1 unspecified atom stereocenters. The highest BCUT2D eigenvalue weighted by Gasteiger charge is 2.15. The highest BCUT2D eigenvalue weighted by molar-refractivity contribution is 9.10. The molecule has 0 fully saturated rings. The van der Waals surface area contributed by atoms with Gasteiger partial charge in [0.2, 0.25) is 5.91 Å². The van der Waals surface area contributed by atoms with Crippen molar-refractivity contribution >= 4 is 27.5 Å². The average molecular weight is 285 g/mol. The third-order valence-corrected chi connectivity index (χ3v) is 2.71. The second kappa shape index (κ2) is 5.61. The van der Waals surface area contributed by atoms with Crippen molar-refractivity contribution in [2.24, 2.45) is 5.92 Å². The fourth-order valence-electron chi connectivity index (χ4n) is 1.14. The smallest absolute Gasteiger partial charge is 0.241 e. The predicted molar refractivity (Wildman–Crippen MR) is 62.1 cm³/mol. The van der Waals surface area contributed by atoms with Gasteiger partial charge in [-0.1, -0.05) is 6.92 Å². The van der Waals surface area contributed by atoms with E-state index in [0.717, 1.165) is 0 Å². The molecule has 0 aromatic heterocycles. The van der Waals surface area contributed by atoms with Crippen LogP contribution >= 0.6 is 15.9 Å². The summed E-state index contributed by atoms with van der Waals surface area (Å²) in [6.45, 7) is 1.75. The van der Waals surface area contributed by atoms with E-state index in [-0.39, 0.29) is 0 Å². The van der Waals surface area contributed by atoms with E-state index in [1.54, 1.807) is 13.0 Å². The Balaban J connectivity index is 2.78. The highest BCUT2D eigenvalue weighted by atomic mass is 79.9. The van der Waals surface area contributed by atoms with Crippen LogP contribution in [0.1, 0.15) is 13.3 Å². The largest absolute Gasteiger partial charge is 0.325 e. The van der Waals surface area contributed by atoms with Crippen molar-refractivity contribution in [1.82, 2.24) is 0 Å². The number of amides is 1. The molecular formula is C11H10BrFN2O. The lowest BCUT2D eigenvalue weighted by Gasteiger charge is -2.08.